The van der Waals surface area contributed by atoms with Crippen molar-refractivity contribution in [2.24, 2.45) is 0 Å². The number of aliphatic carboxylic acids is 1. The Kier molecular flexibility index (Phi) is 5.37. The summed E-state index contributed by atoms with van der Waals surface area (Å²) < 4.78 is 11.0. The summed E-state index contributed by atoms with van der Waals surface area (Å²) in [4.78, 5) is 24.9. The predicted octanol–water partition coefficient (Wildman–Crippen LogP) is 1.04. The van der Waals surface area contributed by atoms with Crippen LogP contribution in [0.1, 0.15) is 39.0 Å². The summed E-state index contributed by atoms with van der Waals surface area (Å²) in [5.41, 5.74) is 0. The Labute approximate surface area is 119 Å². The van der Waals surface area contributed by atoms with Crippen LogP contribution in [0.3, 0.4) is 0 Å². The summed E-state index contributed by atoms with van der Waals surface area (Å²) in [6, 6.07) is 0. The zero-order valence-electron chi connectivity index (χ0n) is 11.9. The molecular weight excluding hydrogens is 262 g/mol. The first-order chi connectivity index (χ1) is 9.61. The Balaban J connectivity index is 1.91. The van der Waals surface area contributed by atoms with E-state index in [0.717, 1.165) is 25.7 Å². The average molecular weight is 285 g/mol. The maximum atomic E-state index is 12.4. The quantitative estimate of drug-likeness (QED) is 0.816. The van der Waals surface area contributed by atoms with Crippen LogP contribution in [0.25, 0.3) is 0 Å². The highest BCUT2D eigenvalue weighted by atomic mass is 16.5. The van der Waals surface area contributed by atoms with Crippen molar-refractivity contribution in [2.75, 3.05) is 19.7 Å². The van der Waals surface area contributed by atoms with E-state index in [1.807, 2.05) is 6.92 Å². The summed E-state index contributed by atoms with van der Waals surface area (Å²) in [6.07, 6.45) is 3.78. The topological polar surface area (TPSA) is 76.1 Å². The molecule has 0 bridgehead atoms. The number of carboxylic acids is 1. The lowest BCUT2D eigenvalue weighted by atomic mass is 10.2. The summed E-state index contributed by atoms with van der Waals surface area (Å²) in [5, 5.41) is 8.97. The van der Waals surface area contributed by atoms with E-state index in [0.29, 0.717) is 13.0 Å². The van der Waals surface area contributed by atoms with Gasteiger partial charge in [0, 0.05) is 6.54 Å². The van der Waals surface area contributed by atoms with Gasteiger partial charge in [0.25, 0.3) is 5.91 Å². The molecular formula is C14H23NO5. The van der Waals surface area contributed by atoms with Crippen molar-refractivity contribution in [2.45, 2.75) is 57.3 Å². The molecule has 1 amide bonds. The molecule has 0 spiro atoms. The minimum absolute atomic E-state index is 0.103. The minimum Gasteiger partial charge on any atom is -0.479 e. The number of carbonyl (C=O) groups excluding carboxylic acids is 1. The van der Waals surface area contributed by atoms with Gasteiger partial charge in [0.2, 0.25) is 0 Å². The van der Waals surface area contributed by atoms with Gasteiger partial charge >= 0.3 is 5.97 Å². The highest BCUT2D eigenvalue weighted by Crippen LogP contribution is 2.23. The SMILES string of the molecule is CC[C@@H](OC1CCCC1)C(=O)N1CCO[C@H](C(=O)O)C1. The van der Waals surface area contributed by atoms with Crippen molar-refractivity contribution in [3.05, 3.63) is 0 Å². The van der Waals surface area contributed by atoms with Gasteiger partial charge in [-0.3, -0.25) is 4.79 Å². The lowest BCUT2D eigenvalue weighted by Crippen LogP contribution is -2.52. The van der Waals surface area contributed by atoms with Crippen molar-refractivity contribution >= 4 is 11.9 Å². The highest BCUT2D eigenvalue weighted by Gasteiger charge is 2.33. The second-order valence-corrected chi connectivity index (χ2v) is 5.42. The van der Waals surface area contributed by atoms with E-state index in [9.17, 15) is 9.59 Å². The number of carbonyl (C=O) groups is 2. The van der Waals surface area contributed by atoms with Crippen LogP contribution in [-0.4, -0.2) is 59.9 Å². The molecule has 20 heavy (non-hydrogen) atoms. The van der Waals surface area contributed by atoms with E-state index in [1.165, 1.54) is 0 Å². The normalized spacial score (nSPS) is 25.6. The highest BCUT2D eigenvalue weighted by molar-refractivity contribution is 5.82. The molecule has 1 N–H and O–H groups in total. The number of amides is 1. The van der Waals surface area contributed by atoms with Gasteiger partial charge in [-0.15, -0.1) is 0 Å². The first kappa shape index (κ1) is 15.3. The van der Waals surface area contributed by atoms with E-state index in [2.05, 4.69) is 0 Å². The largest absolute Gasteiger partial charge is 0.479 e. The molecule has 6 nitrogen and oxygen atoms in total. The van der Waals surface area contributed by atoms with Gasteiger partial charge in [-0.25, -0.2) is 4.79 Å². The van der Waals surface area contributed by atoms with Gasteiger partial charge in [-0.2, -0.15) is 0 Å². The van der Waals surface area contributed by atoms with E-state index in [1.54, 1.807) is 4.90 Å². The number of ether oxygens (including phenoxy) is 2. The molecule has 1 saturated heterocycles. The number of rotatable bonds is 5. The number of hydrogen-bond donors (Lipinski definition) is 1. The zero-order valence-corrected chi connectivity index (χ0v) is 11.9. The number of carboxylic acid groups (broad SMARTS) is 1. The van der Waals surface area contributed by atoms with Gasteiger partial charge in [-0.1, -0.05) is 19.8 Å². The lowest BCUT2D eigenvalue weighted by Gasteiger charge is -2.33. The Bertz CT molecular complexity index is 353. The van der Waals surface area contributed by atoms with Crippen molar-refractivity contribution in [3.8, 4) is 0 Å². The summed E-state index contributed by atoms with van der Waals surface area (Å²) in [5.74, 6) is -1.12. The standard InChI is InChI=1S/C14H23NO5/c1-2-11(20-10-5-3-4-6-10)13(16)15-7-8-19-12(9-15)14(17)18/h10-12H,2-9H2,1H3,(H,17,18)/t11-,12+/m1/s1. The molecule has 1 heterocycles. The molecule has 0 aromatic carbocycles. The second-order valence-electron chi connectivity index (χ2n) is 5.42. The molecule has 2 aliphatic rings. The first-order valence-corrected chi connectivity index (χ1v) is 7.40. The van der Waals surface area contributed by atoms with Crippen LogP contribution in [-0.2, 0) is 19.1 Å². The molecule has 0 aromatic heterocycles. The number of nitrogens with zero attached hydrogens (tertiary/aromatic N) is 1. The maximum Gasteiger partial charge on any atom is 0.334 e. The smallest absolute Gasteiger partial charge is 0.334 e. The predicted molar refractivity (Wildman–Crippen MR) is 71.4 cm³/mol. The Morgan fingerprint density at radius 2 is 2.10 bits per heavy atom. The van der Waals surface area contributed by atoms with Crippen LogP contribution in [0.2, 0.25) is 0 Å². The molecule has 2 atom stereocenters. The van der Waals surface area contributed by atoms with Crippen LogP contribution in [0.15, 0.2) is 0 Å². The number of hydrogen-bond acceptors (Lipinski definition) is 4. The van der Waals surface area contributed by atoms with Gasteiger partial charge in [-0.05, 0) is 19.3 Å². The Hall–Kier alpha value is -1.14. The van der Waals surface area contributed by atoms with Crippen LogP contribution in [0.5, 0.6) is 0 Å². The van der Waals surface area contributed by atoms with Gasteiger partial charge in [0.05, 0.1) is 19.3 Å². The molecule has 1 aliphatic heterocycles. The van der Waals surface area contributed by atoms with Crippen molar-refractivity contribution in [1.82, 2.24) is 4.90 Å². The van der Waals surface area contributed by atoms with Crippen LogP contribution in [0, 0.1) is 0 Å². The van der Waals surface area contributed by atoms with E-state index in [-0.39, 0.29) is 25.2 Å². The minimum atomic E-state index is -1.02. The molecule has 0 aromatic rings. The molecule has 0 unspecified atom stereocenters. The zero-order chi connectivity index (χ0) is 14.5. The third-order valence-corrected chi connectivity index (χ3v) is 3.96. The average Bonchev–Trinajstić information content (AvgIpc) is 2.97. The number of morpholine rings is 1. The molecule has 1 saturated carbocycles. The van der Waals surface area contributed by atoms with Gasteiger partial charge in [0.15, 0.2) is 6.10 Å². The first-order valence-electron chi connectivity index (χ1n) is 7.40. The molecule has 6 heteroatoms. The lowest BCUT2D eigenvalue weighted by molar-refractivity contribution is -0.165. The van der Waals surface area contributed by atoms with Crippen molar-refractivity contribution < 1.29 is 24.2 Å². The monoisotopic (exact) mass is 285 g/mol. The molecule has 114 valence electrons. The molecule has 0 radical (unpaired) electrons. The Morgan fingerprint density at radius 3 is 2.70 bits per heavy atom. The van der Waals surface area contributed by atoms with Crippen molar-refractivity contribution in [3.63, 3.8) is 0 Å². The van der Waals surface area contributed by atoms with Crippen LogP contribution in [0.4, 0.5) is 0 Å². The fraction of sp³-hybridized carbons (Fsp3) is 0.857. The van der Waals surface area contributed by atoms with E-state index < -0.39 is 18.2 Å². The third-order valence-electron chi connectivity index (χ3n) is 3.96. The third kappa shape index (κ3) is 3.70. The van der Waals surface area contributed by atoms with E-state index >= 15 is 0 Å². The van der Waals surface area contributed by atoms with Gasteiger partial charge in [0.1, 0.15) is 6.10 Å². The Morgan fingerprint density at radius 1 is 1.40 bits per heavy atom. The fourth-order valence-corrected chi connectivity index (χ4v) is 2.79. The fourth-order valence-electron chi connectivity index (χ4n) is 2.79. The summed E-state index contributed by atoms with van der Waals surface area (Å²) >= 11 is 0. The van der Waals surface area contributed by atoms with Crippen LogP contribution >= 0.6 is 0 Å². The molecule has 1 aliphatic carbocycles. The summed E-state index contributed by atoms with van der Waals surface area (Å²) in [7, 11) is 0. The van der Waals surface area contributed by atoms with Gasteiger partial charge < -0.3 is 19.5 Å². The molecule has 2 fully saturated rings. The maximum absolute atomic E-state index is 12.4. The second kappa shape index (κ2) is 7.04. The van der Waals surface area contributed by atoms with E-state index in [4.69, 9.17) is 14.6 Å². The summed E-state index contributed by atoms with van der Waals surface area (Å²) in [6.45, 7) is 2.74. The van der Waals surface area contributed by atoms with Crippen LogP contribution < -0.4 is 0 Å². The van der Waals surface area contributed by atoms with Crippen molar-refractivity contribution in [1.29, 1.82) is 0 Å². The molecule has 2 rings (SSSR count).